The van der Waals surface area contributed by atoms with Crippen LogP contribution in [0.1, 0.15) is 31.5 Å². The summed E-state index contributed by atoms with van der Waals surface area (Å²) in [4.78, 5) is 22.6. The Balaban J connectivity index is 1.70. The molecule has 186 valence electrons. The zero-order valence-electron chi connectivity index (χ0n) is 19.4. The number of nitro benzene ring substituents is 1. The number of hydrogen-bond acceptors (Lipinski definition) is 6. The third-order valence-corrected chi connectivity index (χ3v) is 8.41. The minimum atomic E-state index is -3.92. The van der Waals surface area contributed by atoms with E-state index in [0.717, 1.165) is 11.3 Å². The number of rotatable bonds is 8. The molecule has 0 N–H and O–H groups in total. The molecular weight excluding hydrogens is 477 g/mol. The average molecular weight is 504 g/mol. The van der Waals surface area contributed by atoms with E-state index >= 15 is 0 Å². The summed E-state index contributed by atoms with van der Waals surface area (Å²) in [6, 6.07) is 8.82. The second kappa shape index (κ2) is 9.74. The predicted octanol–water partition coefficient (Wildman–Crippen LogP) is 3.82. The van der Waals surface area contributed by atoms with Crippen LogP contribution in [0, 0.1) is 15.9 Å². The van der Waals surface area contributed by atoms with Crippen molar-refractivity contribution in [1.82, 2.24) is 8.87 Å². The second-order valence-electron chi connectivity index (χ2n) is 8.33. The van der Waals surface area contributed by atoms with Crippen molar-refractivity contribution in [2.45, 2.75) is 50.6 Å². The summed E-state index contributed by atoms with van der Waals surface area (Å²) in [5.74, 6) is -0.809. The SMILES string of the molecule is CCOC(=O)Cn1c2c(c3cc(F)ccc31)C[C@@H](N(CC)S(=O)(=O)c1ccc([N+](=O)[O-])cc1)CC2. The zero-order chi connectivity index (χ0) is 25.3. The van der Waals surface area contributed by atoms with Gasteiger partial charge in [-0.25, -0.2) is 12.8 Å². The van der Waals surface area contributed by atoms with Gasteiger partial charge in [-0.05, 0) is 62.1 Å². The minimum Gasteiger partial charge on any atom is -0.465 e. The van der Waals surface area contributed by atoms with Gasteiger partial charge in [0.25, 0.3) is 5.69 Å². The van der Waals surface area contributed by atoms with Crippen molar-refractivity contribution >= 4 is 32.6 Å². The number of hydrogen-bond donors (Lipinski definition) is 0. The number of ether oxygens (including phenoxy) is 1. The molecular formula is C24H26FN3O6S. The van der Waals surface area contributed by atoms with Crippen LogP contribution in [0.5, 0.6) is 0 Å². The first kappa shape index (κ1) is 24.8. The molecule has 0 bridgehead atoms. The van der Waals surface area contributed by atoms with E-state index in [9.17, 15) is 27.7 Å². The van der Waals surface area contributed by atoms with E-state index in [-0.39, 0.29) is 30.3 Å². The molecule has 1 aliphatic rings. The number of nitrogens with zero attached hydrogens (tertiary/aromatic N) is 3. The number of sulfonamides is 1. The molecule has 1 aliphatic carbocycles. The minimum absolute atomic E-state index is 0.00540. The molecule has 0 amide bonds. The largest absolute Gasteiger partial charge is 0.465 e. The van der Waals surface area contributed by atoms with E-state index in [1.54, 1.807) is 19.9 Å². The molecule has 1 atom stereocenters. The molecule has 0 saturated carbocycles. The molecule has 35 heavy (non-hydrogen) atoms. The van der Waals surface area contributed by atoms with E-state index in [2.05, 4.69) is 0 Å². The molecule has 0 spiro atoms. The van der Waals surface area contributed by atoms with E-state index in [1.165, 1.54) is 40.7 Å². The Hall–Kier alpha value is -3.31. The molecule has 0 fully saturated rings. The number of non-ortho nitro benzene ring substituents is 1. The Morgan fingerprint density at radius 2 is 1.94 bits per heavy atom. The van der Waals surface area contributed by atoms with Gasteiger partial charge < -0.3 is 9.30 Å². The monoisotopic (exact) mass is 503 g/mol. The van der Waals surface area contributed by atoms with Gasteiger partial charge in [0.2, 0.25) is 10.0 Å². The molecule has 1 heterocycles. The first-order chi connectivity index (χ1) is 16.7. The molecule has 11 heteroatoms. The van der Waals surface area contributed by atoms with Crippen molar-refractivity contribution < 1.29 is 27.3 Å². The summed E-state index contributed by atoms with van der Waals surface area (Å²) >= 11 is 0. The Bertz CT molecular complexity index is 1380. The smallest absolute Gasteiger partial charge is 0.325 e. The maximum absolute atomic E-state index is 14.2. The number of aromatic nitrogens is 1. The molecule has 3 aromatic rings. The molecule has 2 aromatic carbocycles. The van der Waals surface area contributed by atoms with E-state index in [0.29, 0.717) is 30.2 Å². The summed E-state index contributed by atoms with van der Waals surface area (Å²) in [6.07, 6.45) is 1.36. The molecule has 0 radical (unpaired) electrons. The summed E-state index contributed by atoms with van der Waals surface area (Å²) in [5, 5.41) is 11.6. The van der Waals surface area contributed by atoms with Gasteiger partial charge >= 0.3 is 5.97 Å². The van der Waals surface area contributed by atoms with Crippen molar-refractivity contribution in [3.05, 3.63) is 69.7 Å². The van der Waals surface area contributed by atoms with Gasteiger partial charge in [0.05, 0.1) is 16.4 Å². The van der Waals surface area contributed by atoms with Crippen LogP contribution in [0.2, 0.25) is 0 Å². The summed E-state index contributed by atoms with van der Waals surface area (Å²) in [7, 11) is -3.92. The van der Waals surface area contributed by atoms with Crippen LogP contribution in [0.3, 0.4) is 0 Å². The normalized spacial score (nSPS) is 15.8. The van der Waals surface area contributed by atoms with Crippen molar-refractivity contribution in [3.8, 4) is 0 Å². The first-order valence-corrected chi connectivity index (χ1v) is 12.8. The number of esters is 1. The maximum atomic E-state index is 14.2. The average Bonchev–Trinajstić information content (AvgIpc) is 3.11. The zero-order valence-corrected chi connectivity index (χ0v) is 20.3. The standard InChI is InChI=1S/C24H26FN3O6S/c1-3-27(35(32,33)19-9-6-17(7-10-19)28(30)31)18-8-12-23-21(14-18)20-13-16(25)5-11-22(20)26(23)15-24(29)34-4-2/h5-7,9-11,13,18H,3-4,8,12,14-15H2,1-2H3/t18-/m0/s1. The van der Waals surface area contributed by atoms with Gasteiger partial charge in [0, 0.05) is 41.3 Å². The van der Waals surface area contributed by atoms with Crippen LogP contribution in [0.15, 0.2) is 47.4 Å². The fraction of sp³-hybridized carbons (Fsp3) is 0.375. The highest BCUT2D eigenvalue weighted by molar-refractivity contribution is 7.89. The number of benzene rings is 2. The fourth-order valence-electron chi connectivity index (χ4n) is 4.87. The highest BCUT2D eigenvalue weighted by Crippen LogP contribution is 2.36. The summed E-state index contributed by atoms with van der Waals surface area (Å²) < 4.78 is 49.4. The van der Waals surface area contributed by atoms with Gasteiger partial charge in [-0.15, -0.1) is 0 Å². The van der Waals surface area contributed by atoms with Gasteiger partial charge in [-0.1, -0.05) is 6.92 Å². The van der Waals surface area contributed by atoms with E-state index in [4.69, 9.17) is 4.74 Å². The molecule has 0 saturated heterocycles. The van der Waals surface area contributed by atoms with Crippen molar-refractivity contribution in [3.63, 3.8) is 0 Å². The molecule has 0 unspecified atom stereocenters. The number of likely N-dealkylation sites (N-methyl/N-ethyl adjacent to an activating group) is 1. The fourth-order valence-corrected chi connectivity index (χ4v) is 6.53. The number of halogens is 1. The molecule has 0 aliphatic heterocycles. The summed E-state index contributed by atoms with van der Waals surface area (Å²) in [6.45, 7) is 3.92. The van der Waals surface area contributed by atoms with Crippen LogP contribution >= 0.6 is 0 Å². The lowest BCUT2D eigenvalue weighted by Crippen LogP contribution is -2.43. The highest BCUT2D eigenvalue weighted by Gasteiger charge is 2.35. The van der Waals surface area contributed by atoms with Gasteiger partial charge in [0.1, 0.15) is 12.4 Å². The number of carbonyl (C=O) groups excluding carboxylic acids is 1. The van der Waals surface area contributed by atoms with Crippen LogP contribution in [0.25, 0.3) is 10.9 Å². The van der Waals surface area contributed by atoms with Crippen molar-refractivity contribution in [1.29, 1.82) is 0 Å². The van der Waals surface area contributed by atoms with Crippen LogP contribution in [0.4, 0.5) is 10.1 Å². The highest BCUT2D eigenvalue weighted by atomic mass is 32.2. The third-order valence-electron chi connectivity index (χ3n) is 6.37. The first-order valence-electron chi connectivity index (χ1n) is 11.4. The number of carbonyl (C=O) groups is 1. The van der Waals surface area contributed by atoms with Crippen molar-refractivity contribution in [2.24, 2.45) is 0 Å². The topological polar surface area (TPSA) is 112 Å². The van der Waals surface area contributed by atoms with Gasteiger partial charge in [-0.2, -0.15) is 4.31 Å². The lowest BCUT2D eigenvalue weighted by molar-refractivity contribution is -0.384. The van der Waals surface area contributed by atoms with Crippen LogP contribution in [-0.4, -0.2) is 47.4 Å². The quantitative estimate of drug-likeness (QED) is 0.262. The maximum Gasteiger partial charge on any atom is 0.325 e. The Morgan fingerprint density at radius 3 is 2.57 bits per heavy atom. The van der Waals surface area contributed by atoms with Crippen molar-refractivity contribution in [2.75, 3.05) is 13.2 Å². The lowest BCUT2D eigenvalue weighted by atomic mass is 9.91. The van der Waals surface area contributed by atoms with Gasteiger partial charge in [-0.3, -0.25) is 14.9 Å². The third kappa shape index (κ3) is 4.65. The Kier molecular flexibility index (Phi) is 6.91. The predicted molar refractivity (Wildman–Crippen MR) is 127 cm³/mol. The van der Waals surface area contributed by atoms with Crippen LogP contribution in [-0.2, 0) is 38.9 Å². The number of nitro groups is 1. The molecule has 1 aromatic heterocycles. The van der Waals surface area contributed by atoms with E-state index < -0.39 is 32.8 Å². The van der Waals surface area contributed by atoms with E-state index in [1.807, 2.05) is 4.57 Å². The Labute approximate surface area is 202 Å². The molecule has 9 nitrogen and oxygen atoms in total. The Morgan fingerprint density at radius 1 is 1.23 bits per heavy atom. The second-order valence-corrected chi connectivity index (χ2v) is 10.2. The van der Waals surface area contributed by atoms with Gasteiger partial charge in [0.15, 0.2) is 0 Å². The van der Waals surface area contributed by atoms with Crippen LogP contribution < -0.4 is 0 Å². The summed E-state index contributed by atoms with van der Waals surface area (Å²) in [5.41, 5.74) is 2.20. The molecule has 4 rings (SSSR count). The lowest BCUT2D eigenvalue weighted by Gasteiger charge is -2.33. The number of fused-ring (bicyclic) bond motifs is 3.